The van der Waals surface area contributed by atoms with Crippen molar-refractivity contribution in [2.24, 2.45) is 11.0 Å². The lowest BCUT2D eigenvalue weighted by Gasteiger charge is -2.09. The number of nitrogens with two attached hydrogens (primary N) is 1. The van der Waals surface area contributed by atoms with E-state index in [2.05, 4.69) is 10.0 Å². The van der Waals surface area contributed by atoms with Crippen LogP contribution in [-0.2, 0) is 14.3 Å². The number of carbonyl (C=O) groups is 2. The molecule has 0 amide bonds. The van der Waals surface area contributed by atoms with Crippen LogP contribution in [-0.4, -0.2) is 48.3 Å². The number of ether oxygens (including phenoxy) is 1. The first-order chi connectivity index (χ1) is 6.97. The smallest absolute Gasteiger partial charge is 0.324 e. The number of nitroso groups, excluding NO2 is 1. The van der Waals surface area contributed by atoms with Crippen LogP contribution in [0.15, 0.2) is 5.29 Å². The Morgan fingerprint density at radius 2 is 2.20 bits per heavy atom. The van der Waals surface area contributed by atoms with E-state index in [0.717, 1.165) is 5.01 Å². The van der Waals surface area contributed by atoms with Gasteiger partial charge in [-0.2, -0.15) is 0 Å². The van der Waals surface area contributed by atoms with Crippen molar-refractivity contribution in [3.63, 3.8) is 0 Å². The van der Waals surface area contributed by atoms with E-state index in [0.29, 0.717) is 0 Å². The molecule has 8 heteroatoms. The van der Waals surface area contributed by atoms with E-state index >= 15 is 0 Å². The SMILES string of the molecule is CN(CCC(=O)OC[C@H](N)C(=O)O)N=O. The summed E-state index contributed by atoms with van der Waals surface area (Å²) in [5.41, 5.74) is 5.09. The second-order valence-electron chi connectivity index (χ2n) is 2.84. The Bertz CT molecular complexity index is 245. The molecule has 0 aromatic rings. The third-order valence-electron chi connectivity index (χ3n) is 1.52. The van der Waals surface area contributed by atoms with Crippen molar-refractivity contribution in [1.29, 1.82) is 0 Å². The van der Waals surface area contributed by atoms with Crippen LogP contribution in [0, 0.1) is 4.91 Å². The second kappa shape index (κ2) is 6.71. The molecular weight excluding hydrogens is 206 g/mol. The standard InChI is InChI=1S/C7H13N3O5/c1-10(9-14)3-2-6(11)15-4-5(8)7(12)13/h5H,2-4,8H2,1H3,(H,12,13)/t5-/m0/s1. The molecule has 0 rings (SSSR count). The maximum Gasteiger partial charge on any atom is 0.324 e. The van der Waals surface area contributed by atoms with Crippen LogP contribution in [0.1, 0.15) is 6.42 Å². The van der Waals surface area contributed by atoms with Gasteiger partial charge in [0.25, 0.3) is 0 Å². The minimum atomic E-state index is -1.24. The lowest BCUT2D eigenvalue weighted by Crippen LogP contribution is -2.36. The molecule has 0 aliphatic rings. The second-order valence-corrected chi connectivity index (χ2v) is 2.84. The molecule has 0 heterocycles. The van der Waals surface area contributed by atoms with Gasteiger partial charge in [-0.05, 0) is 0 Å². The van der Waals surface area contributed by atoms with Gasteiger partial charge in [0.15, 0.2) is 0 Å². The largest absolute Gasteiger partial charge is 0.480 e. The van der Waals surface area contributed by atoms with Gasteiger partial charge in [0.2, 0.25) is 0 Å². The van der Waals surface area contributed by atoms with Crippen molar-refractivity contribution in [3.8, 4) is 0 Å². The minimum Gasteiger partial charge on any atom is -0.480 e. The average molecular weight is 219 g/mol. The Morgan fingerprint density at radius 1 is 1.60 bits per heavy atom. The predicted octanol–water partition coefficient (Wildman–Crippen LogP) is -1.06. The first-order valence-electron chi connectivity index (χ1n) is 4.15. The summed E-state index contributed by atoms with van der Waals surface area (Å²) in [6.45, 7) is -0.267. The van der Waals surface area contributed by atoms with Crippen molar-refractivity contribution in [1.82, 2.24) is 5.01 Å². The van der Waals surface area contributed by atoms with Gasteiger partial charge < -0.3 is 15.6 Å². The van der Waals surface area contributed by atoms with Crippen molar-refractivity contribution in [3.05, 3.63) is 4.91 Å². The molecule has 0 aliphatic heterocycles. The van der Waals surface area contributed by atoms with Crippen molar-refractivity contribution < 1.29 is 19.4 Å². The fraction of sp³-hybridized carbons (Fsp3) is 0.714. The fourth-order valence-electron chi connectivity index (χ4n) is 0.620. The monoisotopic (exact) mass is 219 g/mol. The van der Waals surface area contributed by atoms with Crippen LogP contribution < -0.4 is 5.73 Å². The molecule has 0 saturated carbocycles. The maximum absolute atomic E-state index is 10.9. The Kier molecular flexibility index (Phi) is 5.95. The number of hydrogen-bond acceptors (Lipinski definition) is 6. The molecule has 0 bridgehead atoms. The molecule has 0 saturated heterocycles. The summed E-state index contributed by atoms with van der Waals surface area (Å²) >= 11 is 0. The van der Waals surface area contributed by atoms with Gasteiger partial charge >= 0.3 is 11.9 Å². The highest BCUT2D eigenvalue weighted by atomic mass is 16.5. The zero-order valence-corrected chi connectivity index (χ0v) is 8.25. The molecule has 0 radical (unpaired) electrons. The Hall–Kier alpha value is -1.70. The molecule has 0 aliphatic carbocycles. The Morgan fingerprint density at radius 3 is 2.67 bits per heavy atom. The van der Waals surface area contributed by atoms with Gasteiger partial charge in [0, 0.05) is 13.6 Å². The molecule has 0 unspecified atom stereocenters. The summed E-state index contributed by atoms with van der Waals surface area (Å²) in [6.07, 6.45) is -0.0470. The van der Waals surface area contributed by atoms with E-state index in [9.17, 15) is 14.5 Å². The number of aliphatic carboxylic acids is 1. The Balaban J connectivity index is 3.66. The molecule has 0 fully saturated rings. The van der Waals surface area contributed by atoms with Gasteiger partial charge in [-0.1, -0.05) is 0 Å². The topological polar surface area (TPSA) is 122 Å². The highest BCUT2D eigenvalue weighted by Gasteiger charge is 2.14. The molecular formula is C7H13N3O5. The third-order valence-corrected chi connectivity index (χ3v) is 1.52. The number of carbonyl (C=O) groups excluding carboxylic acids is 1. The molecule has 8 nitrogen and oxygen atoms in total. The van der Waals surface area contributed by atoms with E-state index in [1.807, 2.05) is 0 Å². The highest BCUT2D eigenvalue weighted by Crippen LogP contribution is 1.92. The molecule has 0 aromatic carbocycles. The van der Waals surface area contributed by atoms with E-state index in [1.54, 1.807) is 0 Å². The van der Waals surface area contributed by atoms with Gasteiger partial charge in [-0.15, -0.1) is 4.91 Å². The number of esters is 1. The first kappa shape index (κ1) is 13.3. The zero-order valence-electron chi connectivity index (χ0n) is 8.25. The van der Waals surface area contributed by atoms with Gasteiger partial charge in [0.05, 0.1) is 11.7 Å². The summed E-state index contributed by atoms with van der Waals surface area (Å²) in [5.74, 6) is -1.86. The highest BCUT2D eigenvalue weighted by molar-refractivity contribution is 5.74. The number of nitrogens with zero attached hydrogens (tertiary/aromatic N) is 2. The van der Waals surface area contributed by atoms with Crippen LogP contribution in [0.25, 0.3) is 0 Å². The van der Waals surface area contributed by atoms with E-state index < -0.39 is 18.0 Å². The lowest BCUT2D eigenvalue weighted by atomic mass is 10.3. The number of carboxylic acid groups (broad SMARTS) is 1. The quantitative estimate of drug-likeness (QED) is 0.318. The van der Waals surface area contributed by atoms with Crippen molar-refractivity contribution >= 4 is 11.9 Å². The molecule has 15 heavy (non-hydrogen) atoms. The maximum atomic E-state index is 10.9. The normalized spacial score (nSPS) is 11.6. The van der Waals surface area contributed by atoms with Crippen molar-refractivity contribution in [2.45, 2.75) is 12.5 Å². The summed E-state index contributed by atoms with van der Waals surface area (Å²) < 4.78 is 4.54. The van der Waals surface area contributed by atoms with E-state index in [-0.39, 0.29) is 19.6 Å². The lowest BCUT2D eigenvalue weighted by molar-refractivity contribution is -0.148. The van der Waals surface area contributed by atoms with Crippen LogP contribution >= 0.6 is 0 Å². The van der Waals surface area contributed by atoms with Gasteiger partial charge in [-0.25, -0.2) is 0 Å². The molecule has 1 atom stereocenters. The number of carboxylic acids is 1. The van der Waals surface area contributed by atoms with Gasteiger partial charge in [-0.3, -0.25) is 14.6 Å². The minimum absolute atomic E-state index is 0.0470. The van der Waals surface area contributed by atoms with Crippen LogP contribution in [0.2, 0.25) is 0 Å². The molecule has 0 spiro atoms. The fourth-order valence-corrected chi connectivity index (χ4v) is 0.620. The summed E-state index contributed by atoms with van der Waals surface area (Å²) in [5, 5.41) is 11.9. The summed E-state index contributed by atoms with van der Waals surface area (Å²) in [7, 11) is 1.41. The Labute approximate surface area is 85.9 Å². The molecule has 86 valence electrons. The van der Waals surface area contributed by atoms with Crippen LogP contribution in [0.3, 0.4) is 0 Å². The molecule has 0 aromatic heterocycles. The van der Waals surface area contributed by atoms with Crippen LogP contribution in [0.4, 0.5) is 0 Å². The first-order valence-corrected chi connectivity index (χ1v) is 4.15. The van der Waals surface area contributed by atoms with Crippen LogP contribution in [0.5, 0.6) is 0 Å². The third kappa shape index (κ3) is 6.38. The molecule has 3 N–H and O–H groups in total. The number of hydrogen-bond donors (Lipinski definition) is 2. The van der Waals surface area contributed by atoms with E-state index in [4.69, 9.17) is 10.8 Å². The summed E-state index contributed by atoms with van der Waals surface area (Å²) in [4.78, 5) is 31.1. The summed E-state index contributed by atoms with van der Waals surface area (Å²) in [6, 6.07) is -1.23. The van der Waals surface area contributed by atoms with Gasteiger partial charge in [0.1, 0.15) is 12.6 Å². The van der Waals surface area contributed by atoms with E-state index in [1.165, 1.54) is 7.05 Å². The number of rotatable bonds is 7. The zero-order chi connectivity index (χ0) is 11.8. The predicted molar refractivity (Wildman–Crippen MR) is 49.6 cm³/mol. The average Bonchev–Trinajstić information content (AvgIpc) is 2.21. The van der Waals surface area contributed by atoms with Crippen molar-refractivity contribution in [2.75, 3.05) is 20.2 Å².